The van der Waals surface area contributed by atoms with Crippen LogP contribution in [0.3, 0.4) is 0 Å². The predicted octanol–water partition coefficient (Wildman–Crippen LogP) is 2.75. The van der Waals surface area contributed by atoms with Crippen LogP contribution in [0.2, 0.25) is 0 Å². The first-order valence-corrected chi connectivity index (χ1v) is 7.98. The van der Waals surface area contributed by atoms with Crippen molar-refractivity contribution >= 4 is 21.6 Å². The lowest BCUT2D eigenvalue weighted by Crippen LogP contribution is -2.36. The molecule has 1 heterocycles. The van der Waals surface area contributed by atoms with Gasteiger partial charge in [-0.2, -0.15) is 4.31 Å². The number of halogens is 1. The Labute approximate surface area is 113 Å². The van der Waals surface area contributed by atoms with Crippen LogP contribution in [-0.4, -0.2) is 25.8 Å². The summed E-state index contributed by atoms with van der Waals surface area (Å²) in [5, 5.41) is 0. The summed E-state index contributed by atoms with van der Waals surface area (Å²) in [6.45, 7) is 3.60. The molecule has 0 bridgehead atoms. The second kappa shape index (κ2) is 4.87. The first-order chi connectivity index (χ1) is 8.37. The maximum absolute atomic E-state index is 12.5. The van der Waals surface area contributed by atoms with Crippen molar-refractivity contribution in [2.75, 3.05) is 7.05 Å². The predicted molar refractivity (Wildman–Crippen MR) is 70.1 cm³/mol. The molecule has 4 nitrogen and oxygen atoms in total. The molecule has 1 aliphatic carbocycles. The van der Waals surface area contributed by atoms with Crippen LogP contribution in [0, 0.1) is 12.8 Å². The molecule has 0 amide bonds. The van der Waals surface area contributed by atoms with Crippen LogP contribution in [-0.2, 0) is 15.9 Å². The van der Waals surface area contributed by atoms with Gasteiger partial charge in [-0.25, -0.2) is 8.42 Å². The van der Waals surface area contributed by atoms with Crippen molar-refractivity contribution in [2.24, 2.45) is 5.92 Å². The van der Waals surface area contributed by atoms with E-state index in [0.717, 1.165) is 12.8 Å². The molecule has 1 unspecified atom stereocenters. The number of rotatable bonds is 5. The highest BCUT2D eigenvalue weighted by Gasteiger charge is 2.37. The maximum atomic E-state index is 12.5. The quantitative estimate of drug-likeness (QED) is 0.784. The Morgan fingerprint density at radius 1 is 1.56 bits per heavy atom. The van der Waals surface area contributed by atoms with E-state index in [1.54, 1.807) is 14.0 Å². The first kappa shape index (κ1) is 13.9. The van der Waals surface area contributed by atoms with E-state index in [9.17, 15) is 8.42 Å². The van der Waals surface area contributed by atoms with E-state index in [-0.39, 0.29) is 16.8 Å². The van der Waals surface area contributed by atoms with Gasteiger partial charge >= 0.3 is 0 Å². The minimum Gasteiger partial charge on any atom is -0.464 e. The van der Waals surface area contributed by atoms with Gasteiger partial charge in [-0.1, -0.05) is 0 Å². The van der Waals surface area contributed by atoms with Gasteiger partial charge in [0.2, 0.25) is 10.0 Å². The highest BCUT2D eigenvalue weighted by atomic mass is 35.5. The Morgan fingerprint density at radius 3 is 2.61 bits per heavy atom. The number of alkyl halides is 1. The zero-order valence-electron chi connectivity index (χ0n) is 10.8. The summed E-state index contributed by atoms with van der Waals surface area (Å²) in [5.41, 5.74) is 0. The molecular weight excluding hydrogens is 274 g/mol. The van der Waals surface area contributed by atoms with Crippen LogP contribution in [0.15, 0.2) is 15.4 Å². The zero-order valence-corrected chi connectivity index (χ0v) is 12.4. The van der Waals surface area contributed by atoms with Gasteiger partial charge < -0.3 is 4.42 Å². The largest absolute Gasteiger partial charge is 0.464 e. The SMILES string of the molecule is Cc1oc(CCl)cc1S(=O)(=O)N(C)C(C)C1CC1. The number of nitrogens with zero attached hydrogens (tertiary/aromatic N) is 1. The average Bonchev–Trinajstić information content (AvgIpc) is 3.10. The number of hydrogen-bond acceptors (Lipinski definition) is 3. The van der Waals surface area contributed by atoms with E-state index < -0.39 is 10.0 Å². The number of sulfonamides is 1. The van der Waals surface area contributed by atoms with Crippen molar-refractivity contribution in [1.82, 2.24) is 4.31 Å². The Kier molecular flexibility index (Phi) is 3.76. The molecule has 6 heteroatoms. The monoisotopic (exact) mass is 291 g/mol. The van der Waals surface area contributed by atoms with Crippen LogP contribution < -0.4 is 0 Å². The van der Waals surface area contributed by atoms with Crippen molar-refractivity contribution in [2.45, 2.75) is 43.5 Å². The average molecular weight is 292 g/mol. The molecule has 0 N–H and O–H groups in total. The van der Waals surface area contributed by atoms with Crippen molar-refractivity contribution in [3.63, 3.8) is 0 Å². The summed E-state index contributed by atoms with van der Waals surface area (Å²) in [4.78, 5) is 0.230. The fourth-order valence-electron chi connectivity index (χ4n) is 2.10. The van der Waals surface area contributed by atoms with Gasteiger partial charge in [-0.3, -0.25) is 0 Å². The van der Waals surface area contributed by atoms with E-state index in [1.807, 2.05) is 6.92 Å². The lowest BCUT2D eigenvalue weighted by molar-refractivity contribution is 0.356. The lowest BCUT2D eigenvalue weighted by atomic mass is 10.2. The normalized spacial score (nSPS) is 18.3. The third-order valence-electron chi connectivity index (χ3n) is 3.59. The third kappa shape index (κ3) is 2.44. The summed E-state index contributed by atoms with van der Waals surface area (Å²) in [6, 6.07) is 1.55. The molecule has 0 aliphatic heterocycles. The van der Waals surface area contributed by atoms with Crippen LogP contribution in [0.1, 0.15) is 31.3 Å². The van der Waals surface area contributed by atoms with Crippen LogP contribution in [0.5, 0.6) is 0 Å². The Hall–Kier alpha value is -0.520. The maximum Gasteiger partial charge on any atom is 0.246 e. The molecule has 0 spiro atoms. The van der Waals surface area contributed by atoms with E-state index in [2.05, 4.69) is 0 Å². The Bertz CT molecular complexity index is 534. The van der Waals surface area contributed by atoms with Gasteiger partial charge in [0.1, 0.15) is 16.4 Å². The second-order valence-electron chi connectivity index (χ2n) is 4.87. The van der Waals surface area contributed by atoms with Gasteiger partial charge in [-0.15, -0.1) is 11.6 Å². The third-order valence-corrected chi connectivity index (χ3v) is 5.91. The van der Waals surface area contributed by atoms with Gasteiger partial charge in [0, 0.05) is 19.2 Å². The van der Waals surface area contributed by atoms with Gasteiger partial charge in [-0.05, 0) is 32.6 Å². The Morgan fingerprint density at radius 2 is 2.17 bits per heavy atom. The minimum absolute atomic E-state index is 0.0313. The van der Waals surface area contributed by atoms with Crippen LogP contribution in [0.4, 0.5) is 0 Å². The topological polar surface area (TPSA) is 50.5 Å². The minimum atomic E-state index is -3.48. The number of aryl methyl sites for hydroxylation is 1. The lowest BCUT2D eigenvalue weighted by Gasteiger charge is -2.23. The second-order valence-corrected chi connectivity index (χ2v) is 7.10. The number of furan rings is 1. The standard InChI is InChI=1S/C12H18ClNO3S/c1-8(10-4-5-10)14(3)18(15,16)12-6-11(7-13)17-9(12)2/h6,8,10H,4-5,7H2,1-3H3. The molecule has 1 aromatic rings. The van der Waals surface area contributed by atoms with E-state index in [0.29, 0.717) is 17.4 Å². The van der Waals surface area contributed by atoms with E-state index in [4.69, 9.17) is 16.0 Å². The van der Waals surface area contributed by atoms with Crippen LogP contribution in [0.25, 0.3) is 0 Å². The first-order valence-electron chi connectivity index (χ1n) is 6.01. The summed E-state index contributed by atoms with van der Waals surface area (Å²) >= 11 is 5.66. The molecule has 102 valence electrons. The summed E-state index contributed by atoms with van der Waals surface area (Å²) in [5.74, 6) is 1.56. The summed E-state index contributed by atoms with van der Waals surface area (Å²) < 4.78 is 31.7. The Balaban J connectivity index is 2.31. The van der Waals surface area contributed by atoms with Crippen molar-refractivity contribution in [3.05, 3.63) is 17.6 Å². The van der Waals surface area contributed by atoms with Crippen molar-refractivity contribution in [3.8, 4) is 0 Å². The molecule has 1 atom stereocenters. The molecule has 1 saturated carbocycles. The molecule has 1 aromatic heterocycles. The molecule has 0 aromatic carbocycles. The zero-order chi connectivity index (χ0) is 13.5. The van der Waals surface area contributed by atoms with E-state index >= 15 is 0 Å². The van der Waals surface area contributed by atoms with Crippen molar-refractivity contribution in [1.29, 1.82) is 0 Å². The van der Waals surface area contributed by atoms with Crippen LogP contribution >= 0.6 is 11.6 Å². The fourth-order valence-corrected chi connectivity index (χ4v) is 3.83. The number of hydrogen-bond donors (Lipinski definition) is 0. The molecular formula is C12H18ClNO3S. The van der Waals surface area contributed by atoms with Crippen molar-refractivity contribution < 1.29 is 12.8 Å². The fraction of sp³-hybridized carbons (Fsp3) is 0.667. The smallest absolute Gasteiger partial charge is 0.246 e. The molecule has 1 fully saturated rings. The van der Waals surface area contributed by atoms with Gasteiger partial charge in [0.25, 0.3) is 0 Å². The van der Waals surface area contributed by atoms with E-state index in [1.165, 1.54) is 10.4 Å². The van der Waals surface area contributed by atoms with Gasteiger partial charge in [0.15, 0.2) is 0 Å². The highest BCUT2D eigenvalue weighted by Crippen LogP contribution is 2.37. The van der Waals surface area contributed by atoms with Gasteiger partial charge in [0.05, 0.1) is 5.88 Å². The molecule has 1 aliphatic rings. The molecule has 0 saturated heterocycles. The highest BCUT2D eigenvalue weighted by molar-refractivity contribution is 7.89. The molecule has 2 rings (SSSR count). The molecule has 18 heavy (non-hydrogen) atoms. The molecule has 0 radical (unpaired) electrons. The summed E-state index contributed by atoms with van der Waals surface area (Å²) in [7, 11) is -1.85. The summed E-state index contributed by atoms with van der Waals surface area (Å²) in [6.07, 6.45) is 2.22.